The van der Waals surface area contributed by atoms with Crippen LogP contribution in [0.25, 0.3) is 10.8 Å². The highest BCUT2D eigenvalue weighted by Gasteiger charge is 2.04. The summed E-state index contributed by atoms with van der Waals surface area (Å²) < 4.78 is 5.17. The standard InChI is InChI=1S/C12H13BrN2O/c1-16-11(13)5-8-2-3-9-6-12(14)15-7-10(9)4-8/h2-4,6-7,11H,5H2,1H3,(H2,14,15). The predicted molar refractivity (Wildman–Crippen MR) is 69.6 cm³/mol. The van der Waals surface area contributed by atoms with Crippen LogP contribution in [0.3, 0.4) is 0 Å². The molecule has 16 heavy (non-hydrogen) atoms. The van der Waals surface area contributed by atoms with E-state index in [4.69, 9.17) is 10.5 Å². The monoisotopic (exact) mass is 280 g/mol. The highest BCUT2D eigenvalue weighted by atomic mass is 79.9. The van der Waals surface area contributed by atoms with Crippen molar-refractivity contribution in [2.24, 2.45) is 0 Å². The summed E-state index contributed by atoms with van der Waals surface area (Å²) in [7, 11) is 1.68. The van der Waals surface area contributed by atoms with Crippen molar-refractivity contribution >= 4 is 32.5 Å². The Morgan fingerprint density at radius 1 is 1.38 bits per heavy atom. The van der Waals surface area contributed by atoms with Gasteiger partial charge in [0, 0.05) is 25.1 Å². The minimum absolute atomic E-state index is 0.0479. The van der Waals surface area contributed by atoms with Crippen LogP contribution in [-0.4, -0.2) is 17.1 Å². The van der Waals surface area contributed by atoms with E-state index < -0.39 is 0 Å². The summed E-state index contributed by atoms with van der Waals surface area (Å²) in [5.41, 5.74) is 6.84. The smallest absolute Gasteiger partial charge is 0.123 e. The third-order valence-electron chi connectivity index (χ3n) is 2.46. The Labute approximate surface area is 103 Å². The van der Waals surface area contributed by atoms with Gasteiger partial charge in [0.05, 0.1) is 0 Å². The van der Waals surface area contributed by atoms with Crippen molar-refractivity contribution in [1.29, 1.82) is 0 Å². The number of nitrogens with zero attached hydrogens (tertiary/aromatic N) is 1. The lowest BCUT2D eigenvalue weighted by Gasteiger charge is -2.08. The lowest BCUT2D eigenvalue weighted by atomic mass is 10.1. The Morgan fingerprint density at radius 2 is 2.19 bits per heavy atom. The van der Waals surface area contributed by atoms with Crippen LogP contribution >= 0.6 is 15.9 Å². The molecule has 0 radical (unpaired) electrons. The van der Waals surface area contributed by atoms with Crippen molar-refractivity contribution in [2.45, 2.75) is 11.4 Å². The van der Waals surface area contributed by atoms with E-state index in [0.29, 0.717) is 5.82 Å². The van der Waals surface area contributed by atoms with E-state index in [2.05, 4.69) is 39.1 Å². The maximum Gasteiger partial charge on any atom is 0.123 e. The number of methoxy groups -OCH3 is 1. The SMILES string of the molecule is COC(Br)Cc1ccc2cc(N)ncc2c1. The van der Waals surface area contributed by atoms with Crippen LogP contribution in [0, 0.1) is 0 Å². The molecule has 1 heterocycles. The van der Waals surface area contributed by atoms with E-state index in [0.717, 1.165) is 17.2 Å². The molecule has 0 amide bonds. The first-order chi connectivity index (χ1) is 7.69. The molecule has 84 valence electrons. The molecule has 3 nitrogen and oxygen atoms in total. The Kier molecular flexibility index (Phi) is 3.41. The van der Waals surface area contributed by atoms with Gasteiger partial charge in [-0.05, 0) is 23.1 Å². The Morgan fingerprint density at radius 3 is 2.94 bits per heavy atom. The number of benzene rings is 1. The molecule has 1 aromatic carbocycles. The van der Waals surface area contributed by atoms with Crippen LogP contribution in [-0.2, 0) is 11.2 Å². The molecule has 1 unspecified atom stereocenters. The van der Waals surface area contributed by atoms with Gasteiger partial charge in [-0.15, -0.1) is 0 Å². The molecule has 1 atom stereocenters. The third kappa shape index (κ3) is 2.51. The minimum atomic E-state index is 0.0479. The fourth-order valence-electron chi connectivity index (χ4n) is 1.60. The van der Waals surface area contributed by atoms with Gasteiger partial charge >= 0.3 is 0 Å². The Hall–Kier alpha value is -1.13. The highest BCUT2D eigenvalue weighted by Crippen LogP contribution is 2.19. The molecular weight excluding hydrogens is 268 g/mol. The van der Waals surface area contributed by atoms with Crippen LogP contribution < -0.4 is 5.73 Å². The second-order valence-corrected chi connectivity index (χ2v) is 4.66. The van der Waals surface area contributed by atoms with Crippen LogP contribution in [0.1, 0.15) is 5.56 Å². The average molecular weight is 281 g/mol. The van der Waals surface area contributed by atoms with Crippen molar-refractivity contribution in [3.8, 4) is 0 Å². The van der Waals surface area contributed by atoms with Crippen molar-refractivity contribution in [2.75, 3.05) is 12.8 Å². The van der Waals surface area contributed by atoms with Gasteiger partial charge in [-0.3, -0.25) is 0 Å². The number of pyridine rings is 1. The third-order valence-corrected chi connectivity index (χ3v) is 3.16. The number of nitrogen functional groups attached to an aromatic ring is 1. The van der Waals surface area contributed by atoms with Gasteiger partial charge in [0.1, 0.15) is 10.8 Å². The summed E-state index contributed by atoms with van der Waals surface area (Å²) in [5.74, 6) is 0.551. The van der Waals surface area contributed by atoms with Gasteiger partial charge in [0.25, 0.3) is 0 Å². The van der Waals surface area contributed by atoms with Gasteiger partial charge in [0.15, 0.2) is 0 Å². The fourth-order valence-corrected chi connectivity index (χ4v) is 1.98. The largest absolute Gasteiger partial charge is 0.384 e. The number of aromatic nitrogens is 1. The van der Waals surface area contributed by atoms with Crippen molar-refractivity contribution in [3.05, 3.63) is 36.0 Å². The van der Waals surface area contributed by atoms with Crippen molar-refractivity contribution < 1.29 is 4.74 Å². The zero-order chi connectivity index (χ0) is 11.5. The first kappa shape index (κ1) is 11.4. The first-order valence-corrected chi connectivity index (χ1v) is 5.91. The zero-order valence-corrected chi connectivity index (χ0v) is 10.6. The molecule has 1 aromatic heterocycles. The molecule has 0 spiro atoms. The molecule has 0 aliphatic heterocycles. The van der Waals surface area contributed by atoms with E-state index >= 15 is 0 Å². The average Bonchev–Trinajstić information content (AvgIpc) is 2.29. The number of halogens is 1. The Bertz CT molecular complexity index is 501. The zero-order valence-electron chi connectivity index (χ0n) is 8.98. The van der Waals surface area contributed by atoms with Crippen molar-refractivity contribution in [3.63, 3.8) is 0 Å². The van der Waals surface area contributed by atoms with E-state index in [1.807, 2.05) is 6.07 Å². The molecule has 0 aliphatic carbocycles. The van der Waals surface area contributed by atoms with Crippen molar-refractivity contribution in [1.82, 2.24) is 4.98 Å². The summed E-state index contributed by atoms with van der Waals surface area (Å²) in [6.07, 6.45) is 2.63. The van der Waals surface area contributed by atoms with Crippen LogP contribution in [0.2, 0.25) is 0 Å². The van der Waals surface area contributed by atoms with Crippen LogP contribution in [0.5, 0.6) is 0 Å². The fraction of sp³-hybridized carbons (Fsp3) is 0.250. The van der Waals surface area contributed by atoms with Crippen LogP contribution in [0.15, 0.2) is 30.5 Å². The number of fused-ring (bicyclic) bond motifs is 1. The van der Waals surface area contributed by atoms with E-state index in [1.54, 1.807) is 13.3 Å². The number of alkyl halides is 1. The molecule has 0 bridgehead atoms. The number of rotatable bonds is 3. The molecule has 0 aliphatic rings. The number of ether oxygens (including phenoxy) is 1. The van der Waals surface area contributed by atoms with Gasteiger partial charge < -0.3 is 10.5 Å². The number of hydrogen-bond acceptors (Lipinski definition) is 3. The molecule has 0 saturated carbocycles. The molecule has 0 fully saturated rings. The predicted octanol–water partition coefficient (Wildman–Crippen LogP) is 2.73. The molecule has 0 saturated heterocycles. The van der Waals surface area contributed by atoms with Gasteiger partial charge in [-0.25, -0.2) is 4.98 Å². The molecular formula is C12H13BrN2O. The van der Waals surface area contributed by atoms with Gasteiger partial charge in [-0.2, -0.15) is 0 Å². The Balaban J connectivity index is 2.33. The van der Waals surface area contributed by atoms with E-state index in [1.165, 1.54) is 5.56 Å². The summed E-state index contributed by atoms with van der Waals surface area (Å²) in [6, 6.07) is 8.11. The van der Waals surface area contributed by atoms with Gasteiger partial charge in [-0.1, -0.05) is 28.1 Å². The summed E-state index contributed by atoms with van der Waals surface area (Å²) in [4.78, 5) is 4.08. The number of nitrogens with two attached hydrogens (primary N) is 1. The lowest BCUT2D eigenvalue weighted by Crippen LogP contribution is -2.04. The summed E-state index contributed by atoms with van der Waals surface area (Å²) >= 11 is 3.43. The second kappa shape index (κ2) is 4.80. The topological polar surface area (TPSA) is 48.1 Å². The minimum Gasteiger partial charge on any atom is -0.384 e. The molecule has 2 aromatic rings. The summed E-state index contributed by atoms with van der Waals surface area (Å²) in [5, 5.41) is 2.26. The molecule has 2 rings (SSSR count). The van der Waals surface area contributed by atoms with Gasteiger partial charge in [0.2, 0.25) is 0 Å². The van der Waals surface area contributed by atoms with E-state index in [-0.39, 0.29) is 5.01 Å². The maximum atomic E-state index is 5.63. The number of anilines is 1. The first-order valence-electron chi connectivity index (χ1n) is 5.00. The maximum absolute atomic E-state index is 5.63. The molecule has 4 heteroatoms. The second-order valence-electron chi connectivity index (χ2n) is 3.64. The normalized spacial score (nSPS) is 12.9. The molecule has 2 N–H and O–H groups in total. The van der Waals surface area contributed by atoms with Crippen LogP contribution in [0.4, 0.5) is 5.82 Å². The summed E-state index contributed by atoms with van der Waals surface area (Å²) in [6.45, 7) is 0. The van der Waals surface area contributed by atoms with E-state index in [9.17, 15) is 0 Å². The lowest BCUT2D eigenvalue weighted by molar-refractivity contribution is 0.179. The quantitative estimate of drug-likeness (QED) is 0.880. The number of hydrogen-bond donors (Lipinski definition) is 1. The highest BCUT2D eigenvalue weighted by molar-refractivity contribution is 9.09.